The Bertz CT molecular complexity index is 1660. The van der Waals surface area contributed by atoms with Crippen LogP contribution in [0.2, 0.25) is 0 Å². The van der Waals surface area contributed by atoms with Gasteiger partial charge in [-0.1, -0.05) is 6.07 Å². The predicted octanol–water partition coefficient (Wildman–Crippen LogP) is 4.79. The second kappa shape index (κ2) is 11.9. The molecule has 0 saturated carbocycles. The Hall–Kier alpha value is -4.24. The lowest BCUT2D eigenvalue weighted by molar-refractivity contribution is -0.137. The number of furan rings is 1. The lowest BCUT2D eigenvalue weighted by Crippen LogP contribution is -2.47. The highest BCUT2D eigenvalue weighted by Gasteiger charge is 2.45. The smallest absolute Gasteiger partial charge is 0.261 e. The molecule has 1 aliphatic rings. The summed E-state index contributed by atoms with van der Waals surface area (Å²) >= 11 is 0. The molecule has 2 amide bonds. The number of nitrogens with zero attached hydrogens (tertiary/aromatic N) is 5. The van der Waals surface area contributed by atoms with Gasteiger partial charge in [0.25, 0.3) is 5.56 Å². The van der Waals surface area contributed by atoms with E-state index in [1.54, 1.807) is 59.9 Å². The van der Waals surface area contributed by atoms with Gasteiger partial charge in [0.05, 0.1) is 16.8 Å². The highest BCUT2D eigenvalue weighted by Crippen LogP contribution is 2.38. The summed E-state index contributed by atoms with van der Waals surface area (Å²) in [5.74, 6) is 0.343. The fourth-order valence-corrected chi connectivity index (χ4v) is 5.75. The van der Waals surface area contributed by atoms with Gasteiger partial charge in [-0.2, -0.15) is 0 Å². The Balaban J connectivity index is 1.31. The SMILES string of the molecule is CCN1C(=O)C(C)(C)C(=O)N(C)c2cc(CCCN(CCn3ccc4oc(C)cc4c3=O)Cc3ccncc3)ccc21. The van der Waals surface area contributed by atoms with Gasteiger partial charge in [-0.3, -0.25) is 24.3 Å². The van der Waals surface area contributed by atoms with Crippen molar-refractivity contribution in [3.8, 4) is 0 Å². The fourth-order valence-electron chi connectivity index (χ4n) is 5.75. The number of benzene rings is 1. The van der Waals surface area contributed by atoms with Gasteiger partial charge in [-0.25, -0.2) is 0 Å². The molecule has 0 unspecified atom stereocenters. The van der Waals surface area contributed by atoms with Gasteiger partial charge in [-0.05, 0) is 94.6 Å². The third kappa shape index (κ3) is 5.74. The second-order valence-electron chi connectivity index (χ2n) is 11.5. The summed E-state index contributed by atoms with van der Waals surface area (Å²) in [5, 5.41) is 0.606. The first-order valence-corrected chi connectivity index (χ1v) is 14.5. The molecule has 9 heteroatoms. The molecule has 0 bridgehead atoms. The van der Waals surface area contributed by atoms with Gasteiger partial charge < -0.3 is 18.8 Å². The molecule has 0 fully saturated rings. The second-order valence-corrected chi connectivity index (χ2v) is 11.5. The van der Waals surface area contributed by atoms with Crippen molar-refractivity contribution in [2.24, 2.45) is 5.41 Å². The molecule has 0 radical (unpaired) electrons. The maximum absolute atomic E-state index is 13.2. The first kappa shape index (κ1) is 29.3. The molecule has 0 N–H and O–H groups in total. The quantitative estimate of drug-likeness (QED) is 0.255. The van der Waals surface area contributed by atoms with Gasteiger partial charge >= 0.3 is 0 Å². The van der Waals surface area contributed by atoms with Crippen LogP contribution in [0.25, 0.3) is 11.0 Å². The van der Waals surface area contributed by atoms with Gasteiger partial charge in [-0.15, -0.1) is 0 Å². The number of aryl methyl sites for hydroxylation is 2. The molecular formula is C33H39N5O4. The summed E-state index contributed by atoms with van der Waals surface area (Å²) in [5.41, 5.74) is 3.25. The number of hydrogen-bond acceptors (Lipinski definition) is 6. The number of pyridine rings is 2. The van der Waals surface area contributed by atoms with Crippen molar-refractivity contribution >= 4 is 34.2 Å². The highest BCUT2D eigenvalue weighted by molar-refractivity contribution is 6.19. The third-order valence-electron chi connectivity index (χ3n) is 8.16. The first-order chi connectivity index (χ1) is 20.1. The summed E-state index contributed by atoms with van der Waals surface area (Å²) in [6.45, 7) is 10.5. The predicted molar refractivity (Wildman–Crippen MR) is 165 cm³/mol. The Morgan fingerprint density at radius 1 is 0.929 bits per heavy atom. The van der Waals surface area contributed by atoms with Crippen molar-refractivity contribution < 1.29 is 14.0 Å². The van der Waals surface area contributed by atoms with Gasteiger partial charge in [0.2, 0.25) is 11.8 Å². The van der Waals surface area contributed by atoms with Crippen molar-refractivity contribution in [2.45, 2.75) is 53.6 Å². The molecule has 4 aromatic rings. The molecule has 0 saturated heterocycles. The summed E-state index contributed by atoms with van der Waals surface area (Å²) in [4.78, 5) is 49.3. The highest BCUT2D eigenvalue weighted by atomic mass is 16.3. The van der Waals surface area contributed by atoms with Crippen LogP contribution < -0.4 is 15.4 Å². The largest absolute Gasteiger partial charge is 0.461 e. The van der Waals surface area contributed by atoms with E-state index in [2.05, 4.69) is 16.0 Å². The minimum absolute atomic E-state index is 0.0420. The van der Waals surface area contributed by atoms with Gasteiger partial charge in [0.1, 0.15) is 16.8 Å². The standard InChI is InChI=1S/C33H39N5O4/c1-6-38-27-10-9-24(21-28(27)35(5)31(40)33(3,4)32(38)41)8-7-16-36(22-25-11-14-34-15-12-25)18-19-37-17-13-29-26(30(37)39)20-23(2)42-29/h9-15,17,20-21H,6-8,16,18-19,22H2,1-5H3. The number of amides is 2. The van der Waals surface area contributed by atoms with Crippen molar-refractivity contribution in [3.63, 3.8) is 0 Å². The molecule has 0 aliphatic carbocycles. The lowest BCUT2D eigenvalue weighted by atomic mass is 9.90. The van der Waals surface area contributed by atoms with Crippen LogP contribution in [0.1, 0.15) is 44.1 Å². The average Bonchev–Trinajstić information content (AvgIpc) is 3.36. The summed E-state index contributed by atoms with van der Waals surface area (Å²) < 4.78 is 7.36. The van der Waals surface area contributed by atoms with Crippen LogP contribution in [0.4, 0.5) is 11.4 Å². The number of carbonyl (C=O) groups is 2. The zero-order chi connectivity index (χ0) is 30.0. The molecule has 0 atom stereocenters. The molecule has 1 aliphatic heterocycles. The maximum Gasteiger partial charge on any atom is 0.261 e. The molecule has 4 heterocycles. The maximum atomic E-state index is 13.2. The molecule has 0 spiro atoms. The van der Waals surface area contributed by atoms with Crippen LogP contribution in [0.15, 0.2) is 70.3 Å². The van der Waals surface area contributed by atoms with Crippen LogP contribution in [-0.4, -0.2) is 52.9 Å². The molecule has 9 nitrogen and oxygen atoms in total. The lowest BCUT2D eigenvalue weighted by Gasteiger charge is -2.27. The Labute approximate surface area is 246 Å². The first-order valence-electron chi connectivity index (χ1n) is 14.5. The number of carbonyl (C=O) groups excluding carboxylic acids is 2. The average molecular weight is 570 g/mol. The van der Waals surface area contributed by atoms with Crippen LogP contribution in [0, 0.1) is 12.3 Å². The Morgan fingerprint density at radius 2 is 1.69 bits per heavy atom. The van der Waals surface area contributed by atoms with Crippen molar-refractivity contribution in [1.29, 1.82) is 0 Å². The van der Waals surface area contributed by atoms with E-state index in [1.165, 1.54) is 0 Å². The Kier molecular flexibility index (Phi) is 8.31. The molecule has 220 valence electrons. The number of fused-ring (bicyclic) bond motifs is 2. The summed E-state index contributed by atoms with van der Waals surface area (Å²) in [6, 6.07) is 13.7. The zero-order valence-corrected chi connectivity index (χ0v) is 25.1. The summed E-state index contributed by atoms with van der Waals surface area (Å²) in [6.07, 6.45) is 7.10. The van der Waals surface area contributed by atoms with Crippen LogP contribution >= 0.6 is 0 Å². The number of rotatable bonds is 10. The number of aromatic nitrogens is 2. The van der Waals surface area contributed by atoms with E-state index in [0.717, 1.165) is 54.2 Å². The monoisotopic (exact) mass is 569 g/mol. The van der Waals surface area contributed by atoms with Crippen LogP contribution in [-0.2, 0) is 29.1 Å². The van der Waals surface area contributed by atoms with Crippen LogP contribution in [0.3, 0.4) is 0 Å². The molecule has 3 aromatic heterocycles. The molecule has 42 heavy (non-hydrogen) atoms. The normalized spacial score (nSPS) is 15.0. The van der Waals surface area contributed by atoms with E-state index in [1.807, 2.05) is 44.2 Å². The van der Waals surface area contributed by atoms with E-state index in [9.17, 15) is 14.4 Å². The summed E-state index contributed by atoms with van der Waals surface area (Å²) in [7, 11) is 1.75. The minimum Gasteiger partial charge on any atom is -0.461 e. The van der Waals surface area contributed by atoms with E-state index >= 15 is 0 Å². The molecular weight excluding hydrogens is 530 g/mol. The Morgan fingerprint density at radius 3 is 2.43 bits per heavy atom. The zero-order valence-electron chi connectivity index (χ0n) is 25.1. The van der Waals surface area contributed by atoms with E-state index in [4.69, 9.17) is 4.42 Å². The van der Waals surface area contributed by atoms with Gasteiger partial charge in [0, 0.05) is 51.8 Å². The third-order valence-corrected chi connectivity index (χ3v) is 8.16. The topological polar surface area (TPSA) is 91.9 Å². The minimum atomic E-state index is -1.12. The fraction of sp³-hybridized carbons (Fsp3) is 0.394. The van der Waals surface area contributed by atoms with E-state index in [0.29, 0.717) is 30.6 Å². The van der Waals surface area contributed by atoms with Crippen LogP contribution in [0.5, 0.6) is 0 Å². The van der Waals surface area contributed by atoms with E-state index < -0.39 is 5.41 Å². The van der Waals surface area contributed by atoms with Crippen molar-refractivity contribution in [3.05, 3.63) is 88.3 Å². The molecule has 1 aromatic carbocycles. The van der Waals surface area contributed by atoms with E-state index in [-0.39, 0.29) is 17.4 Å². The van der Waals surface area contributed by atoms with Gasteiger partial charge in [0.15, 0.2) is 0 Å². The van der Waals surface area contributed by atoms with Crippen molar-refractivity contribution in [2.75, 3.05) is 36.5 Å². The number of anilines is 2. The molecule has 5 rings (SSSR count). The number of hydrogen-bond donors (Lipinski definition) is 0. The van der Waals surface area contributed by atoms with Crippen molar-refractivity contribution in [1.82, 2.24) is 14.5 Å².